The maximum absolute atomic E-state index is 12.0. The first-order chi connectivity index (χ1) is 9.49. The number of benzene rings is 1. The van der Waals surface area contributed by atoms with Crippen LogP contribution < -0.4 is 11.1 Å². The van der Waals surface area contributed by atoms with Gasteiger partial charge in [0, 0.05) is 4.88 Å². The van der Waals surface area contributed by atoms with Crippen LogP contribution in [0.2, 0.25) is 0 Å². The third kappa shape index (κ3) is 2.97. The van der Waals surface area contributed by atoms with Crippen LogP contribution in [0.5, 0.6) is 0 Å². The molecular weight excluding hydrogens is 276 g/mol. The van der Waals surface area contributed by atoms with Gasteiger partial charge < -0.3 is 16.2 Å². The van der Waals surface area contributed by atoms with E-state index in [1.807, 2.05) is 30.3 Å². The van der Waals surface area contributed by atoms with E-state index in [1.165, 1.54) is 18.3 Å². The zero-order chi connectivity index (χ0) is 14.7. The summed E-state index contributed by atoms with van der Waals surface area (Å²) in [5, 5.41) is 11.6. The number of aliphatic carboxylic acids is 1. The summed E-state index contributed by atoms with van der Waals surface area (Å²) in [6, 6.07) is 10.3. The Morgan fingerprint density at radius 1 is 1.30 bits per heavy atom. The van der Waals surface area contributed by atoms with E-state index in [0.717, 1.165) is 10.4 Å². The van der Waals surface area contributed by atoms with Gasteiger partial charge in [-0.1, -0.05) is 30.3 Å². The lowest BCUT2D eigenvalue weighted by Crippen LogP contribution is -2.38. The molecule has 0 bridgehead atoms. The SMILES string of the molecule is C[C@H](NC(=O)c1cc(-c2ccccc2)sc1N)C(=O)O. The molecule has 1 heterocycles. The number of carboxylic acid groups (broad SMARTS) is 1. The number of amides is 1. The van der Waals surface area contributed by atoms with E-state index < -0.39 is 17.9 Å². The molecule has 6 heteroatoms. The number of thiophene rings is 1. The maximum atomic E-state index is 12.0. The Morgan fingerprint density at radius 2 is 1.95 bits per heavy atom. The van der Waals surface area contributed by atoms with E-state index in [0.29, 0.717) is 10.6 Å². The quantitative estimate of drug-likeness (QED) is 0.805. The van der Waals surface area contributed by atoms with Gasteiger partial charge >= 0.3 is 5.97 Å². The number of nitrogens with two attached hydrogens (primary N) is 1. The number of anilines is 1. The number of carbonyl (C=O) groups excluding carboxylic acids is 1. The third-order valence-corrected chi connectivity index (χ3v) is 3.80. The summed E-state index contributed by atoms with van der Waals surface area (Å²) < 4.78 is 0. The molecule has 1 atom stereocenters. The summed E-state index contributed by atoms with van der Waals surface area (Å²) in [4.78, 5) is 23.6. The number of carboxylic acids is 1. The lowest BCUT2D eigenvalue weighted by molar-refractivity contribution is -0.138. The first kappa shape index (κ1) is 14.1. The Morgan fingerprint density at radius 3 is 2.55 bits per heavy atom. The fourth-order valence-corrected chi connectivity index (χ4v) is 2.59. The maximum Gasteiger partial charge on any atom is 0.325 e. The minimum atomic E-state index is -1.09. The first-order valence-electron chi connectivity index (χ1n) is 5.97. The summed E-state index contributed by atoms with van der Waals surface area (Å²) in [5.41, 5.74) is 7.12. The minimum Gasteiger partial charge on any atom is -0.480 e. The summed E-state index contributed by atoms with van der Waals surface area (Å²) in [6.45, 7) is 1.40. The summed E-state index contributed by atoms with van der Waals surface area (Å²) in [6.07, 6.45) is 0. The molecule has 0 aliphatic carbocycles. The normalized spacial score (nSPS) is 11.8. The zero-order valence-corrected chi connectivity index (χ0v) is 11.6. The molecule has 1 aromatic heterocycles. The molecule has 0 saturated heterocycles. The molecule has 104 valence electrons. The zero-order valence-electron chi connectivity index (χ0n) is 10.8. The Hall–Kier alpha value is -2.34. The van der Waals surface area contributed by atoms with Gasteiger partial charge in [0.05, 0.1) is 10.6 Å². The fourth-order valence-electron chi connectivity index (χ4n) is 1.66. The highest BCUT2D eigenvalue weighted by Gasteiger charge is 2.19. The molecule has 0 unspecified atom stereocenters. The van der Waals surface area contributed by atoms with E-state index in [4.69, 9.17) is 10.8 Å². The molecule has 0 aliphatic rings. The molecule has 0 radical (unpaired) electrons. The van der Waals surface area contributed by atoms with Gasteiger partial charge in [-0.05, 0) is 18.6 Å². The Kier molecular flexibility index (Phi) is 4.05. The van der Waals surface area contributed by atoms with Crippen LogP contribution in [-0.2, 0) is 4.79 Å². The smallest absolute Gasteiger partial charge is 0.325 e. The van der Waals surface area contributed by atoms with Crippen LogP contribution in [-0.4, -0.2) is 23.0 Å². The molecule has 4 N–H and O–H groups in total. The van der Waals surface area contributed by atoms with Crippen molar-refractivity contribution in [1.29, 1.82) is 0 Å². The minimum absolute atomic E-state index is 0.307. The van der Waals surface area contributed by atoms with Crippen molar-refractivity contribution in [3.63, 3.8) is 0 Å². The number of rotatable bonds is 4. The van der Waals surface area contributed by atoms with E-state index in [-0.39, 0.29) is 0 Å². The molecule has 2 aromatic rings. The average Bonchev–Trinajstić information content (AvgIpc) is 2.81. The molecule has 1 amide bonds. The van der Waals surface area contributed by atoms with Crippen LogP contribution >= 0.6 is 11.3 Å². The second-order valence-electron chi connectivity index (χ2n) is 4.29. The van der Waals surface area contributed by atoms with E-state index in [1.54, 1.807) is 6.07 Å². The lowest BCUT2D eigenvalue weighted by Gasteiger charge is -2.08. The number of carbonyl (C=O) groups is 2. The van der Waals surface area contributed by atoms with Crippen molar-refractivity contribution < 1.29 is 14.7 Å². The largest absolute Gasteiger partial charge is 0.480 e. The molecule has 20 heavy (non-hydrogen) atoms. The highest BCUT2D eigenvalue weighted by Crippen LogP contribution is 2.33. The molecule has 0 spiro atoms. The van der Waals surface area contributed by atoms with Crippen LogP contribution in [0.25, 0.3) is 10.4 Å². The Bertz CT molecular complexity index is 637. The monoisotopic (exact) mass is 290 g/mol. The van der Waals surface area contributed by atoms with Crippen LogP contribution in [0.1, 0.15) is 17.3 Å². The Balaban J connectivity index is 2.24. The van der Waals surface area contributed by atoms with Gasteiger partial charge in [-0.2, -0.15) is 0 Å². The Labute approximate surface area is 120 Å². The third-order valence-electron chi connectivity index (χ3n) is 2.78. The molecule has 1 aromatic carbocycles. The second-order valence-corrected chi connectivity index (χ2v) is 5.37. The van der Waals surface area contributed by atoms with E-state index in [2.05, 4.69) is 5.32 Å². The molecular formula is C14H14N2O3S. The van der Waals surface area contributed by atoms with Crippen molar-refractivity contribution in [3.05, 3.63) is 42.0 Å². The summed E-state index contributed by atoms with van der Waals surface area (Å²) in [5.74, 6) is -1.56. The van der Waals surface area contributed by atoms with E-state index in [9.17, 15) is 9.59 Å². The second kappa shape index (κ2) is 5.75. The van der Waals surface area contributed by atoms with Gasteiger partial charge in [-0.3, -0.25) is 9.59 Å². The van der Waals surface area contributed by atoms with Crippen molar-refractivity contribution >= 4 is 28.2 Å². The van der Waals surface area contributed by atoms with Gasteiger partial charge in [0.1, 0.15) is 6.04 Å². The standard InChI is InChI=1S/C14H14N2O3S/c1-8(14(18)19)16-13(17)10-7-11(20-12(10)15)9-5-3-2-4-6-9/h2-8H,15H2,1H3,(H,16,17)(H,18,19)/t8-/m0/s1. The number of hydrogen-bond donors (Lipinski definition) is 3. The van der Waals surface area contributed by atoms with Gasteiger partial charge in [-0.15, -0.1) is 11.3 Å². The molecule has 5 nitrogen and oxygen atoms in total. The van der Waals surface area contributed by atoms with Gasteiger partial charge in [-0.25, -0.2) is 0 Å². The van der Waals surface area contributed by atoms with Crippen LogP contribution in [0.4, 0.5) is 5.00 Å². The predicted octanol–water partition coefficient (Wildman–Crippen LogP) is 2.20. The van der Waals surface area contributed by atoms with Crippen LogP contribution in [0.3, 0.4) is 0 Å². The fraction of sp³-hybridized carbons (Fsp3) is 0.143. The van der Waals surface area contributed by atoms with Gasteiger partial charge in [0.15, 0.2) is 0 Å². The van der Waals surface area contributed by atoms with Crippen LogP contribution in [0.15, 0.2) is 36.4 Å². The van der Waals surface area contributed by atoms with Crippen molar-refractivity contribution in [3.8, 4) is 10.4 Å². The predicted molar refractivity (Wildman–Crippen MR) is 78.7 cm³/mol. The summed E-state index contributed by atoms with van der Waals surface area (Å²) >= 11 is 1.30. The number of nitrogen functional groups attached to an aromatic ring is 1. The topological polar surface area (TPSA) is 92.4 Å². The van der Waals surface area contributed by atoms with Gasteiger partial charge in [0.2, 0.25) is 0 Å². The average molecular weight is 290 g/mol. The highest BCUT2D eigenvalue weighted by molar-refractivity contribution is 7.19. The van der Waals surface area contributed by atoms with Crippen molar-refractivity contribution in [2.75, 3.05) is 5.73 Å². The lowest BCUT2D eigenvalue weighted by atomic mass is 10.1. The molecule has 0 fully saturated rings. The van der Waals surface area contributed by atoms with E-state index >= 15 is 0 Å². The van der Waals surface area contributed by atoms with Crippen LogP contribution in [0, 0.1) is 0 Å². The highest BCUT2D eigenvalue weighted by atomic mass is 32.1. The first-order valence-corrected chi connectivity index (χ1v) is 6.79. The number of hydrogen-bond acceptors (Lipinski definition) is 4. The van der Waals surface area contributed by atoms with Crippen molar-refractivity contribution in [2.45, 2.75) is 13.0 Å². The molecule has 0 saturated carbocycles. The summed E-state index contributed by atoms with van der Waals surface area (Å²) in [7, 11) is 0. The molecule has 0 aliphatic heterocycles. The van der Waals surface area contributed by atoms with Crippen molar-refractivity contribution in [2.24, 2.45) is 0 Å². The molecule has 2 rings (SSSR count). The van der Waals surface area contributed by atoms with Crippen molar-refractivity contribution in [1.82, 2.24) is 5.32 Å². The number of nitrogens with one attached hydrogen (secondary N) is 1. The van der Waals surface area contributed by atoms with Gasteiger partial charge in [0.25, 0.3) is 5.91 Å².